The third kappa shape index (κ3) is 1.78. The van der Waals surface area contributed by atoms with Gasteiger partial charge in [-0.2, -0.15) is 0 Å². The summed E-state index contributed by atoms with van der Waals surface area (Å²) in [5.41, 5.74) is 10.9. The quantitative estimate of drug-likeness (QED) is 0.491. The maximum atomic E-state index is 11.4. The second-order valence-corrected chi connectivity index (χ2v) is 2.99. The lowest BCUT2D eigenvalue weighted by molar-refractivity contribution is -0.131. The maximum Gasteiger partial charge on any atom is 0.325 e. The Kier molecular flexibility index (Phi) is 2.84. The predicted molar refractivity (Wildman–Crippen MR) is 46.5 cm³/mol. The molecule has 6 heteroatoms. The van der Waals surface area contributed by atoms with E-state index in [0.717, 1.165) is 4.90 Å². The fraction of sp³-hybridized carbons (Fsp3) is 0.714. The number of rotatable bonds is 2. The van der Waals surface area contributed by atoms with Gasteiger partial charge in [-0.25, -0.2) is 4.79 Å². The van der Waals surface area contributed by atoms with E-state index in [-0.39, 0.29) is 0 Å². The van der Waals surface area contributed by atoms with E-state index in [4.69, 9.17) is 11.5 Å². The molecule has 0 aromatic rings. The van der Waals surface area contributed by atoms with E-state index in [0.29, 0.717) is 13.0 Å². The molecule has 0 aromatic carbocycles. The van der Waals surface area contributed by atoms with Crippen LogP contribution < -0.4 is 16.8 Å². The Bertz CT molecular complexity index is 231. The zero-order valence-corrected chi connectivity index (χ0v) is 7.49. The van der Waals surface area contributed by atoms with Crippen molar-refractivity contribution in [2.75, 3.05) is 6.54 Å². The van der Waals surface area contributed by atoms with E-state index in [2.05, 4.69) is 5.32 Å². The van der Waals surface area contributed by atoms with Crippen molar-refractivity contribution >= 4 is 11.9 Å². The van der Waals surface area contributed by atoms with E-state index in [1.165, 1.54) is 0 Å². The van der Waals surface area contributed by atoms with Gasteiger partial charge < -0.3 is 16.8 Å². The minimum absolute atomic E-state index is 0.380. The zero-order chi connectivity index (χ0) is 10.0. The second-order valence-electron chi connectivity index (χ2n) is 2.99. The number of hydrogen-bond donors (Lipinski definition) is 3. The summed E-state index contributed by atoms with van der Waals surface area (Å²) in [5, 5.41) is 2.41. The monoisotopic (exact) mass is 186 g/mol. The van der Waals surface area contributed by atoms with E-state index >= 15 is 0 Å². The standard InChI is InChI=1S/C7H14N4O2/c1-2-3-11-6(12)4(8)5(9)10-7(11)13/h4-5H,2-3,8-9H2,1H3,(H,10,13). The summed E-state index contributed by atoms with van der Waals surface area (Å²) in [5.74, 6) is -0.405. The number of carbonyl (C=O) groups is 2. The van der Waals surface area contributed by atoms with Gasteiger partial charge in [-0.15, -0.1) is 0 Å². The maximum absolute atomic E-state index is 11.4. The Morgan fingerprint density at radius 3 is 2.62 bits per heavy atom. The van der Waals surface area contributed by atoms with Crippen LogP contribution in [0.15, 0.2) is 0 Å². The molecule has 2 atom stereocenters. The highest BCUT2D eigenvalue weighted by Crippen LogP contribution is 2.04. The molecule has 0 aliphatic carbocycles. The van der Waals surface area contributed by atoms with Crippen molar-refractivity contribution in [3.05, 3.63) is 0 Å². The lowest BCUT2D eigenvalue weighted by Gasteiger charge is -2.33. The first-order valence-electron chi connectivity index (χ1n) is 4.21. The largest absolute Gasteiger partial charge is 0.325 e. The topological polar surface area (TPSA) is 101 Å². The molecule has 1 aliphatic rings. The number of nitrogens with one attached hydrogen (secondary N) is 1. The Balaban J connectivity index is 2.73. The van der Waals surface area contributed by atoms with Gasteiger partial charge in [-0.05, 0) is 6.42 Å². The smallest absolute Gasteiger partial charge is 0.320 e. The van der Waals surface area contributed by atoms with E-state index in [1.54, 1.807) is 0 Å². The third-order valence-electron chi connectivity index (χ3n) is 1.92. The number of imide groups is 1. The van der Waals surface area contributed by atoms with Crippen molar-refractivity contribution in [3.8, 4) is 0 Å². The van der Waals surface area contributed by atoms with E-state index in [9.17, 15) is 9.59 Å². The fourth-order valence-corrected chi connectivity index (χ4v) is 1.18. The van der Waals surface area contributed by atoms with Gasteiger partial charge in [-0.1, -0.05) is 6.92 Å². The van der Waals surface area contributed by atoms with Gasteiger partial charge in [0.05, 0.1) is 0 Å². The molecule has 3 amide bonds. The van der Waals surface area contributed by atoms with Crippen LogP contribution in [0.25, 0.3) is 0 Å². The van der Waals surface area contributed by atoms with E-state index in [1.807, 2.05) is 6.92 Å². The van der Waals surface area contributed by atoms with Crippen LogP contribution in [0.2, 0.25) is 0 Å². The number of hydrogen-bond acceptors (Lipinski definition) is 4. The van der Waals surface area contributed by atoms with Crippen LogP contribution in [0.5, 0.6) is 0 Å². The Hall–Kier alpha value is -1.14. The molecular weight excluding hydrogens is 172 g/mol. The molecule has 1 rings (SSSR count). The first-order chi connectivity index (χ1) is 6.07. The van der Waals surface area contributed by atoms with Crippen LogP contribution in [0.4, 0.5) is 4.79 Å². The van der Waals surface area contributed by atoms with Gasteiger partial charge in [-0.3, -0.25) is 9.69 Å². The van der Waals surface area contributed by atoms with E-state index < -0.39 is 24.1 Å². The summed E-state index contributed by atoms with van der Waals surface area (Å²) in [6.07, 6.45) is -0.0608. The molecule has 0 saturated carbocycles. The molecule has 13 heavy (non-hydrogen) atoms. The van der Waals surface area contributed by atoms with Crippen LogP contribution >= 0.6 is 0 Å². The summed E-state index contributed by atoms with van der Waals surface area (Å²) < 4.78 is 0. The van der Waals surface area contributed by atoms with Crippen molar-refractivity contribution in [2.24, 2.45) is 11.5 Å². The highest BCUT2D eigenvalue weighted by Gasteiger charge is 2.36. The van der Waals surface area contributed by atoms with Crippen LogP contribution in [0.1, 0.15) is 13.3 Å². The summed E-state index contributed by atoms with van der Waals surface area (Å²) in [4.78, 5) is 23.7. The minimum Gasteiger partial charge on any atom is -0.320 e. The summed E-state index contributed by atoms with van der Waals surface area (Å²) >= 11 is 0. The minimum atomic E-state index is -0.829. The number of carbonyl (C=O) groups excluding carboxylic acids is 2. The second kappa shape index (κ2) is 3.71. The molecular formula is C7H14N4O2. The van der Waals surface area contributed by atoms with Crippen molar-refractivity contribution in [1.82, 2.24) is 10.2 Å². The number of nitrogens with zero attached hydrogens (tertiary/aromatic N) is 1. The van der Waals surface area contributed by atoms with Crippen LogP contribution in [0.3, 0.4) is 0 Å². The van der Waals surface area contributed by atoms with Crippen LogP contribution in [0, 0.1) is 0 Å². The lowest BCUT2D eigenvalue weighted by atomic mass is 10.1. The molecule has 1 saturated heterocycles. The number of urea groups is 1. The highest BCUT2D eigenvalue weighted by molar-refractivity contribution is 6.00. The molecule has 74 valence electrons. The highest BCUT2D eigenvalue weighted by atomic mass is 16.2. The van der Waals surface area contributed by atoms with Gasteiger partial charge in [0.2, 0.25) is 0 Å². The molecule has 1 aliphatic heterocycles. The molecule has 0 spiro atoms. The molecule has 1 heterocycles. The van der Waals surface area contributed by atoms with Crippen molar-refractivity contribution in [3.63, 3.8) is 0 Å². The lowest BCUT2D eigenvalue weighted by Crippen LogP contribution is -2.68. The zero-order valence-electron chi connectivity index (χ0n) is 7.49. The van der Waals surface area contributed by atoms with Gasteiger partial charge in [0.1, 0.15) is 12.2 Å². The predicted octanol–water partition coefficient (Wildman–Crippen LogP) is -1.44. The first-order valence-corrected chi connectivity index (χ1v) is 4.21. The third-order valence-corrected chi connectivity index (χ3v) is 1.92. The molecule has 2 unspecified atom stereocenters. The number of nitrogens with two attached hydrogens (primary N) is 2. The van der Waals surface area contributed by atoms with Crippen molar-refractivity contribution in [2.45, 2.75) is 25.6 Å². The Morgan fingerprint density at radius 2 is 2.08 bits per heavy atom. The van der Waals surface area contributed by atoms with Crippen LogP contribution in [-0.2, 0) is 4.79 Å². The molecule has 0 aromatic heterocycles. The van der Waals surface area contributed by atoms with Gasteiger partial charge in [0.15, 0.2) is 0 Å². The van der Waals surface area contributed by atoms with Crippen molar-refractivity contribution < 1.29 is 9.59 Å². The molecule has 0 bridgehead atoms. The van der Waals surface area contributed by atoms with Gasteiger partial charge in [0, 0.05) is 6.54 Å². The summed E-state index contributed by atoms with van der Waals surface area (Å²) in [6, 6.07) is -1.29. The SMILES string of the molecule is CCCN1C(=O)NC(N)C(N)C1=O. The van der Waals surface area contributed by atoms with Gasteiger partial charge >= 0.3 is 6.03 Å². The summed E-state index contributed by atoms with van der Waals surface area (Å²) in [6.45, 7) is 2.26. The Labute approximate surface area is 76.2 Å². The molecule has 6 nitrogen and oxygen atoms in total. The van der Waals surface area contributed by atoms with Crippen molar-refractivity contribution in [1.29, 1.82) is 0 Å². The first kappa shape index (κ1) is 9.94. The van der Waals surface area contributed by atoms with Gasteiger partial charge in [0.25, 0.3) is 5.91 Å². The van der Waals surface area contributed by atoms with Crippen LogP contribution in [-0.4, -0.2) is 35.6 Å². The normalized spacial score (nSPS) is 29.0. The average molecular weight is 186 g/mol. The Morgan fingerprint density at radius 1 is 1.46 bits per heavy atom. The molecule has 5 N–H and O–H groups in total. The average Bonchev–Trinajstić information content (AvgIpc) is 2.09. The fourth-order valence-electron chi connectivity index (χ4n) is 1.18. The molecule has 0 radical (unpaired) electrons. The molecule has 1 fully saturated rings. The number of amides is 3. The summed E-state index contributed by atoms with van der Waals surface area (Å²) in [7, 11) is 0.